The van der Waals surface area contributed by atoms with E-state index >= 15 is 0 Å². The van der Waals surface area contributed by atoms with Crippen molar-refractivity contribution in [2.24, 2.45) is 0 Å². The molecule has 0 aliphatic heterocycles. The number of tetrazole rings is 1. The summed E-state index contributed by atoms with van der Waals surface area (Å²) in [6, 6.07) is 3.24. The lowest BCUT2D eigenvalue weighted by Gasteiger charge is -2.13. The molecule has 0 aliphatic rings. The number of aromatic nitrogens is 5. The number of pyridine rings is 1. The van der Waals surface area contributed by atoms with Gasteiger partial charge < -0.3 is 9.15 Å². The molecule has 0 fully saturated rings. The van der Waals surface area contributed by atoms with Gasteiger partial charge >= 0.3 is 5.97 Å². The highest BCUT2D eigenvalue weighted by atomic mass is 16.5. The number of ether oxygens (including phenoxy) is 1. The fourth-order valence-electron chi connectivity index (χ4n) is 1.80. The largest absolute Gasteiger partial charge is 0.452 e. The Labute approximate surface area is 126 Å². The predicted octanol–water partition coefficient (Wildman–Crippen LogP) is 1.77. The standard InChI is InChI=1S/C14H15N5O3/c1-14(2,3)10-6-15-12(22-10)8-21-13(20)9-4-5-11-16-17-18-19(11)7-9/h4-7H,8H2,1-3H3. The van der Waals surface area contributed by atoms with Crippen LogP contribution in [0.15, 0.2) is 28.9 Å². The fraction of sp³-hybridized carbons (Fsp3) is 0.357. The lowest BCUT2D eigenvalue weighted by atomic mass is 9.94. The molecule has 0 bridgehead atoms. The Morgan fingerprint density at radius 3 is 2.91 bits per heavy atom. The third-order valence-electron chi connectivity index (χ3n) is 3.05. The van der Waals surface area contributed by atoms with Crippen LogP contribution in [0.5, 0.6) is 0 Å². The summed E-state index contributed by atoms with van der Waals surface area (Å²) in [6.45, 7) is 6.03. The van der Waals surface area contributed by atoms with Crippen molar-refractivity contribution < 1.29 is 13.9 Å². The molecule has 0 radical (unpaired) electrons. The number of nitrogens with zero attached hydrogens (tertiary/aromatic N) is 5. The maximum Gasteiger partial charge on any atom is 0.340 e. The summed E-state index contributed by atoms with van der Waals surface area (Å²) < 4.78 is 12.2. The van der Waals surface area contributed by atoms with Crippen molar-refractivity contribution in [1.82, 2.24) is 25.0 Å². The Morgan fingerprint density at radius 2 is 2.18 bits per heavy atom. The highest BCUT2D eigenvalue weighted by Crippen LogP contribution is 2.22. The maximum atomic E-state index is 12.0. The zero-order valence-corrected chi connectivity index (χ0v) is 12.5. The summed E-state index contributed by atoms with van der Waals surface area (Å²) in [4.78, 5) is 16.1. The van der Waals surface area contributed by atoms with Crippen LogP contribution in [-0.2, 0) is 16.8 Å². The normalized spacial score (nSPS) is 11.8. The van der Waals surface area contributed by atoms with Gasteiger partial charge in [0.25, 0.3) is 0 Å². The van der Waals surface area contributed by atoms with E-state index < -0.39 is 5.97 Å². The second-order valence-electron chi connectivity index (χ2n) is 5.84. The smallest absolute Gasteiger partial charge is 0.340 e. The van der Waals surface area contributed by atoms with E-state index in [-0.39, 0.29) is 12.0 Å². The molecule has 3 rings (SSSR count). The molecule has 0 atom stereocenters. The maximum absolute atomic E-state index is 12.0. The predicted molar refractivity (Wildman–Crippen MR) is 75.1 cm³/mol. The first-order chi connectivity index (χ1) is 10.4. The van der Waals surface area contributed by atoms with E-state index in [4.69, 9.17) is 9.15 Å². The molecule has 0 saturated heterocycles. The Hall–Kier alpha value is -2.77. The molecule has 0 aromatic carbocycles. The van der Waals surface area contributed by atoms with Gasteiger partial charge in [0.2, 0.25) is 5.89 Å². The SMILES string of the molecule is CC(C)(C)c1cnc(COC(=O)c2ccc3nnnn3c2)o1. The molecule has 3 heterocycles. The first-order valence-corrected chi connectivity index (χ1v) is 6.73. The van der Waals surface area contributed by atoms with Crippen molar-refractivity contribution >= 4 is 11.6 Å². The molecule has 0 saturated carbocycles. The summed E-state index contributed by atoms with van der Waals surface area (Å²) in [5, 5.41) is 11.0. The summed E-state index contributed by atoms with van der Waals surface area (Å²) in [7, 11) is 0. The summed E-state index contributed by atoms with van der Waals surface area (Å²) in [6.07, 6.45) is 3.16. The monoisotopic (exact) mass is 301 g/mol. The number of oxazole rings is 1. The molecule has 0 spiro atoms. The van der Waals surface area contributed by atoms with Gasteiger partial charge in [0.1, 0.15) is 5.76 Å². The van der Waals surface area contributed by atoms with Gasteiger partial charge in [0, 0.05) is 11.6 Å². The van der Waals surface area contributed by atoms with E-state index in [2.05, 4.69) is 20.5 Å². The molecule has 0 amide bonds. The second kappa shape index (κ2) is 5.21. The zero-order chi connectivity index (χ0) is 15.7. The lowest BCUT2D eigenvalue weighted by molar-refractivity contribution is 0.0434. The molecule has 22 heavy (non-hydrogen) atoms. The van der Waals surface area contributed by atoms with E-state index in [0.717, 1.165) is 5.76 Å². The van der Waals surface area contributed by atoms with Crippen molar-refractivity contribution in [1.29, 1.82) is 0 Å². The minimum absolute atomic E-state index is 0.0252. The molecule has 3 aromatic heterocycles. The topological polar surface area (TPSA) is 95.4 Å². The van der Waals surface area contributed by atoms with E-state index in [9.17, 15) is 4.79 Å². The van der Waals surface area contributed by atoms with E-state index in [1.165, 1.54) is 10.7 Å². The zero-order valence-electron chi connectivity index (χ0n) is 12.5. The number of hydrogen-bond donors (Lipinski definition) is 0. The number of carbonyl (C=O) groups is 1. The molecule has 0 unspecified atom stereocenters. The second-order valence-corrected chi connectivity index (χ2v) is 5.84. The summed E-state index contributed by atoms with van der Waals surface area (Å²) in [5.41, 5.74) is 0.766. The molecular weight excluding hydrogens is 286 g/mol. The van der Waals surface area contributed by atoms with Gasteiger partial charge in [0.05, 0.1) is 11.8 Å². The third kappa shape index (κ3) is 2.80. The molecule has 8 nitrogen and oxygen atoms in total. The van der Waals surface area contributed by atoms with Crippen molar-refractivity contribution in [3.63, 3.8) is 0 Å². The van der Waals surface area contributed by atoms with Crippen LogP contribution in [0.25, 0.3) is 5.65 Å². The molecule has 3 aromatic rings. The van der Waals surface area contributed by atoms with E-state index in [1.807, 2.05) is 20.8 Å². The van der Waals surface area contributed by atoms with Gasteiger partial charge in [0.15, 0.2) is 12.3 Å². The van der Waals surface area contributed by atoms with Crippen molar-refractivity contribution in [3.05, 3.63) is 41.7 Å². The average molecular weight is 301 g/mol. The van der Waals surface area contributed by atoms with Crippen LogP contribution in [-0.4, -0.2) is 31.0 Å². The molecule has 0 N–H and O–H groups in total. The van der Waals surface area contributed by atoms with Crippen molar-refractivity contribution in [2.45, 2.75) is 32.8 Å². The minimum Gasteiger partial charge on any atom is -0.452 e. The molecule has 8 heteroatoms. The Bertz CT molecular complexity index is 815. The van der Waals surface area contributed by atoms with Gasteiger partial charge in [-0.15, -0.1) is 5.10 Å². The molecular formula is C14H15N5O3. The first kappa shape index (κ1) is 14.2. The lowest BCUT2D eigenvalue weighted by Crippen LogP contribution is -2.09. The number of rotatable bonds is 3. The number of carbonyl (C=O) groups excluding carboxylic acids is 1. The minimum atomic E-state index is -0.493. The summed E-state index contributed by atoms with van der Waals surface area (Å²) in [5.74, 6) is 0.614. The molecule has 114 valence electrons. The highest BCUT2D eigenvalue weighted by Gasteiger charge is 2.20. The number of hydrogen-bond acceptors (Lipinski definition) is 7. The average Bonchev–Trinajstić information content (AvgIpc) is 3.12. The van der Waals surface area contributed by atoms with E-state index in [0.29, 0.717) is 17.1 Å². The number of fused-ring (bicyclic) bond motifs is 1. The quantitative estimate of drug-likeness (QED) is 0.680. The van der Waals surface area contributed by atoms with Gasteiger partial charge in [-0.05, 0) is 22.6 Å². The van der Waals surface area contributed by atoms with Crippen LogP contribution in [0.1, 0.15) is 42.8 Å². The van der Waals surface area contributed by atoms with Gasteiger partial charge in [-0.2, -0.15) is 4.52 Å². The van der Waals surface area contributed by atoms with Gasteiger partial charge in [-0.1, -0.05) is 20.8 Å². The van der Waals surface area contributed by atoms with Crippen LogP contribution in [0.4, 0.5) is 0 Å². The van der Waals surface area contributed by atoms with Gasteiger partial charge in [-0.25, -0.2) is 9.78 Å². The third-order valence-corrected chi connectivity index (χ3v) is 3.05. The fourth-order valence-corrected chi connectivity index (χ4v) is 1.80. The number of esters is 1. The first-order valence-electron chi connectivity index (χ1n) is 6.73. The molecule has 0 aliphatic carbocycles. The van der Waals surface area contributed by atoms with Crippen molar-refractivity contribution in [3.8, 4) is 0 Å². The van der Waals surface area contributed by atoms with Crippen LogP contribution in [0.3, 0.4) is 0 Å². The Kier molecular flexibility index (Phi) is 3.36. The highest BCUT2D eigenvalue weighted by molar-refractivity contribution is 5.89. The Balaban J connectivity index is 1.68. The van der Waals surface area contributed by atoms with Crippen molar-refractivity contribution in [2.75, 3.05) is 0 Å². The van der Waals surface area contributed by atoms with Crippen LogP contribution < -0.4 is 0 Å². The van der Waals surface area contributed by atoms with Gasteiger partial charge in [-0.3, -0.25) is 0 Å². The van der Waals surface area contributed by atoms with Crippen LogP contribution in [0.2, 0.25) is 0 Å². The Morgan fingerprint density at radius 1 is 1.36 bits per heavy atom. The van der Waals surface area contributed by atoms with E-state index in [1.54, 1.807) is 18.3 Å². The summed E-state index contributed by atoms with van der Waals surface area (Å²) >= 11 is 0. The van der Waals surface area contributed by atoms with Crippen LogP contribution in [0, 0.1) is 0 Å². The van der Waals surface area contributed by atoms with Crippen LogP contribution >= 0.6 is 0 Å².